The average molecular weight is 253 g/mol. The summed E-state index contributed by atoms with van der Waals surface area (Å²) in [6.07, 6.45) is 2.23. The van der Waals surface area contributed by atoms with Crippen molar-refractivity contribution in [3.05, 3.63) is 5.82 Å². The molecule has 0 radical (unpaired) electrons. The van der Waals surface area contributed by atoms with Gasteiger partial charge in [-0.1, -0.05) is 13.8 Å². The van der Waals surface area contributed by atoms with Gasteiger partial charge in [0.25, 0.3) is 0 Å². The minimum absolute atomic E-state index is 0.0320. The zero-order valence-electron chi connectivity index (χ0n) is 11.5. The fourth-order valence-corrected chi connectivity index (χ4v) is 2.76. The van der Waals surface area contributed by atoms with Gasteiger partial charge in [-0.05, 0) is 35.7 Å². The fourth-order valence-electron chi connectivity index (χ4n) is 2.76. The summed E-state index contributed by atoms with van der Waals surface area (Å²) in [4.78, 5) is 2.35. The number of tetrazole rings is 1. The maximum absolute atomic E-state index is 9.74. The number of aliphatic hydroxyl groups excluding tert-OH is 1. The van der Waals surface area contributed by atoms with Crippen LogP contribution in [0.25, 0.3) is 0 Å². The van der Waals surface area contributed by atoms with Crippen molar-refractivity contribution in [3.8, 4) is 0 Å². The van der Waals surface area contributed by atoms with Gasteiger partial charge in [0.1, 0.15) is 0 Å². The molecule has 0 spiro atoms. The van der Waals surface area contributed by atoms with Crippen LogP contribution >= 0.6 is 0 Å². The van der Waals surface area contributed by atoms with E-state index in [4.69, 9.17) is 0 Å². The molecule has 18 heavy (non-hydrogen) atoms. The van der Waals surface area contributed by atoms with Crippen LogP contribution in [0, 0.1) is 11.3 Å². The number of aromatic nitrogens is 4. The molecule has 6 heteroatoms. The van der Waals surface area contributed by atoms with Gasteiger partial charge in [0.15, 0.2) is 5.82 Å². The summed E-state index contributed by atoms with van der Waals surface area (Å²) in [6.45, 7) is 7.40. The Morgan fingerprint density at radius 2 is 2.22 bits per heavy atom. The molecule has 1 fully saturated rings. The number of likely N-dealkylation sites (tertiary alicyclic amines) is 1. The minimum Gasteiger partial charge on any atom is -0.396 e. The van der Waals surface area contributed by atoms with E-state index < -0.39 is 0 Å². The van der Waals surface area contributed by atoms with Crippen molar-refractivity contribution in [3.63, 3.8) is 0 Å². The van der Waals surface area contributed by atoms with Gasteiger partial charge in [0, 0.05) is 19.0 Å². The zero-order chi connectivity index (χ0) is 13.2. The van der Waals surface area contributed by atoms with Crippen LogP contribution in [0.5, 0.6) is 0 Å². The van der Waals surface area contributed by atoms with E-state index in [2.05, 4.69) is 34.3 Å². The third-order valence-electron chi connectivity index (χ3n) is 4.30. The molecule has 1 N–H and O–H groups in total. The van der Waals surface area contributed by atoms with E-state index in [-0.39, 0.29) is 12.0 Å². The molecule has 0 amide bonds. The summed E-state index contributed by atoms with van der Waals surface area (Å²) in [5.74, 6) is 1.37. The Kier molecular flexibility index (Phi) is 3.97. The lowest BCUT2D eigenvalue weighted by atomic mass is 9.72. The Hall–Kier alpha value is -1.01. The molecule has 0 aromatic carbocycles. The van der Waals surface area contributed by atoms with Gasteiger partial charge in [0.05, 0.1) is 13.2 Å². The highest BCUT2D eigenvalue weighted by molar-refractivity contribution is 4.91. The summed E-state index contributed by atoms with van der Waals surface area (Å²) in [5.41, 5.74) is 0.0320. The predicted octanol–water partition coefficient (Wildman–Crippen LogP) is 0.441. The molecule has 0 bridgehead atoms. The van der Waals surface area contributed by atoms with Crippen LogP contribution in [0.2, 0.25) is 0 Å². The van der Waals surface area contributed by atoms with Crippen LogP contribution in [0.4, 0.5) is 0 Å². The van der Waals surface area contributed by atoms with Crippen LogP contribution in [-0.2, 0) is 13.6 Å². The molecule has 2 heterocycles. The molecule has 1 aliphatic heterocycles. The van der Waals surface area contributed by atoms with E-state index in [1.54, 1.807) is 4.68 Å². The second-order valence-electron chi connectivity index (χ2n) is 5.71. The number of hydrogen-bond donors (Lipinski definition) is 1. The van der Waals surface area contributed by atoms with E-state index >= 15 is 0 Å². The topological polar surface area (TPSA) is 67.1 Å². The monoisotopic (exact) mass is 253 g/mol. The highest BCUT2D eigenvalue weighted by Crippen LogP contribution is 2.37. The van der Waals surface area contributed by atoms with Crippen LogP contribution in [0.1, 0.15) is 32.5 Å². The number of piperidine rings is 1. The molecule has 0 unspecified atom stereocenters. The molecule has 1 atom stereocenters. The third kappa shape index (κ3) is 2.54. The van der Waals surface area contributed by atoms with Crippen LogP contribution in [-0.4, -0.2) is 49.9 Å². The Labute approximate surface area is 108 Å². The van der Waals surface area contributed by atoms with E-state index in [1.807, 2.05) is 7.05 Å². The van der Waals surface area contributed by atoms with E-state index in [9.17, 15) is 5.11 Å². The van der Waals surface area contributed by atoms with E-state index in [0.29, 0.717) is 5.92 Å². The van der Waals surface area contributed by atoms with Gasteiger partial charge in [-0.15, -0.1) is 5.10 Å². The summed E-state index contributed by atoms with van der Waals surface area (Å²) in [7, 11) is 1.86. The van der Waals surface area contributed by atoms with Crippen molar-refractivity contribution in [2.24, 2.45) is 18.4 Å². The molecular formula is C12H23N5O. The third-order valence-corrected chi connectivity index (χ3v) is 4.30. The maximum Gasteiger partial charge on any atom is 0.164 e. The molecule has 0 saturated carbocycles. The van der Waals surface area contributed by atoms with Gasteiger partial charge >= 0.3 is 0 Å². The molecule has 1 aromatic rings. The van der Waals surface area contributed by atoms with E-state index in [1.165, 1.54) is 0 Å². The van der Waals surface area contributed by atoms with Crippen molar-refractivity contribution < 1.29 is 5.11 Å². The molecule has 6 nitrogen and oxygen atoms in total. The SMILES string of the molecule is CC(C)[C@@]1(CO)CCCN(Cc2nnnn2C)C1. The summed E-state index contributed by atoms with van der Waals surface area (Å²) >= 11 is 0. The lowest BCUT2D eigenvalue weighted by Gasteiger charge is -2.44. The standard InChI is InChI=1S/C12H23N5O/c1-10(2)12(9-18)5-4-6-17(8-12)7-11-13-14-15-16(11)3/h10,18H,4-9H2,1-3H3/t12-/m0/s1. The molecular weight excluding hydrogens is 230 g/mol. The maximum atomic E-state index is 9.74. The van der Waals surface area contributed by atoms with E-state index in [0.717, 1.165) is 38.3 Å². The lowest BCUT2D eigenvalue weighted by Crippen LogP contribution is -2.48. The van der Waals surface area contributed by atoms with Crippen molar-refractivity contribution in [2.75, 3.05) is 19.7 Å². The lowest BCUT2D eigenvalue weighted by molar-refractivity contribution is -0.00700. The van der Waals surface area contributed by atoms with Gasteiger partial charge < -0.3 is 5.11 Å². The summed E-state index contributed by atoms with van der Waals surface area (Å²) in [6, 6.07) is 0. The highest BCUT2D eigenvalue weighted by atomic mass is 16.3. The summed E-state index contributed by atoms with van der Waals surface area (Å²) < 4.78 is 1.71. The average Bonchev–Trinajstić information content (AvgIpc) is 2.75. The second-order valence-corrected chi connectivity index (χ2v) is 5.71. The summed E-state index contributed by atoms with van der Waals surface area (Å²) in [5, 5.41) is 21.3. The smallest absolute Gasteiger partial charge is 0.164 e. The first kappa shape index (κ1) is 13.4. The van der Waals surface area contributed by atoms with Crippen LogP contribution < -0.4 is 0 Å². The number of rotatable bonds is 4. The molecule has 102 valence electrons. The Bertz CT molecular complexity index is 392. The van der Waals surface area contributed by atoms with Gasteiger partial charge in [-0.25, -0.2) is 4.68 Å². The van der Waals surface area contributed by atoms with Crippen molar-refractivity contribution in [1.29, 1.82) is 0 Å². The van der Waals surface area contributed by atoms with Crippen LogP contribution in [0.15, 0.2) is 0 Å². The molecule has 1 aliphatic rings. The highest BCUT2D eigenvalue weighted by Gasteiger charge is 2.37. The van der Waals surface area contributed by atoms with Gasteiger partial charge in [0.2, 0.25) is 0 Å². The van der Waals surface area contributed by atoms with Crippen molar-refractivity contribution >= 4 is 0 Å². The Morgan fingerprint density at radius 1 is 1.44 bits per heavy atom. The van der Waals surface area contributed by atoms with Crippen molar-refractivity contribution in [1.82, 2.24) is 25.1 Å². The predicted molar refractivity (Wildman–Crippen MR) is 67.7 cm³/mol. The number of aryl methyl sites for hydroxylation is 1. The van der Waals surface area contributed by atoms with Gasteiger partial charge in [-0.3, -0.25) is 4.90 Å². The number of nitrogens with zero attached hydrogens (tertiary/aromatic N) is 5. The molecule has 2 rings (SSSR count). The van der Waals surface area contributed by atoms with Gasteiger partial charge in [-0.2, -0.15) is 0 Å². The number of aliphatic hydroxyl groups is 1. The first-order valence-electron chi connectivity index (χ1n) is 6.62. The van der Waals surface area contributed by atoms with Crippen LogP contribution in [0.3, 0.4) is 0 Å². The first-order chi connectivity index (χ1) is 8.57. The molecule has 0 aliphatic carbocycles. The quantitative estimate of drug-likeness (QED) is 0.843. The molecule has 1 saturated heterocycles. The fraction of sp³-hybridized carbons (Fsp3) is 0.917. The number of hydrogen-bond acceptors (Lipinski definition) is 5. The Balaban J connectivity index is 2.05. The normalized spacial score (nSPS) is 25.8. The minimum atomic E-state index is 0.0320. The largest absolute Gasteiger partial charge is 0.396 e. The second kappa shape index (κ2) is 5.32. The molecule has 1 aromatic heterocycles. The zero-order valence-corrected chi connectivity index (χ0v) is 11.5. The Morgan fingerprint density at radius 3 is 2.78 bits per heavy atom. The first-order valence-corrected chi connectivity index (χ1v) is 6.62. The van der Waals surface area contributed by atoms with Crippen molar-refractivity contribution in [2.45, 2.75) is 33.2 Å².